The highest BCUT2D eigenvalue weighted by atomic mass is 79.9. The lowest BCUT2D eigenvalue weighted by Crippen LogP contribution is -2.13. The molecule has 0 aliphatic rings. The number of pyridine rings is 1. The van der Waals surface area contributed by atoms with Gasteiger partial charge in [0.25, 0.3) is 6.43 Å². The molecule has 0 atom stereocenters. The predicted octanol–water partition coefficient (Wildman–Crippen LogP) is 4.11. The Balaban J connectivity index is 3.42. The summed E-state index contributed by atoms with van der Waals surface area (Å²) >= 11 is 2.85. The zero-order valence-corrected chi connectivity index (χ0v) is 8.96. The summed E-state index contributed by atoms with van der Waals surface area (Å²) < 4.78 is 61.7. The van der Waals surface area contributed by atoms with Crippen LogP contribution < -0.4 is 0 Å². The van der Waals surface area contributed by atoms with Gasteiger partial charge in [0.15, 0.2) is 5.69 Å². The Kier molecular flexibility index (Phi) is 3.32. The monoisotopic (exact) mass is 289 g/mol. The summed E-state index contributed by atoms with van der Waals surface area (Å²) in [4.78, 5) is 3.11. The SMILES string of the molecule is Cc1nc(C(F)(F)F)c(C(F)F)cc1Br. The van der Waals surface area contributed by atoms with Crippen molar-refractivity contribution in [3.05, 3.63) is 27.5 Å². The van der Waals surface area contributed by atoms with E-state index in [2.05, 4.69) is 20.9 Å². The minimum atomic E-state index is -4.86. The second-order valence-corrected chi connectivity index (χ2v) is 3.65. The number of hydrogen-bond acceptors (Lipinski definition) is 1. The number of nitrogens with zero attached hydrogens (tertiary/aromatic N) is 1. The van der Waals surface area contributed by atoms with Gasteiger partial charge in [0.05, 0.1) is 5.69 Å². The van der Waals surface area contributed by atoms with Gasteiger partial charge in [-0.3, -0.25) is 0 Å². The van der Waals surface area contributed by atoms with Crippen LogP contribution in [0.15, 0.2) is 10.5 Å². The Labute approximate surface area is 90.4 Å². The third kappa shape index (κ3) is 2.64. The summed E-state index contributed by atoms with van der Waals surface area (Å²) in [6, 6.07) is 0.746. The Morgan fingerprint density at radius 3 is 2.27 bits per heavy atom. The van der Waals surface area contributed by atoms with Gasteiger partial charge in [0, 0.05) is 10.0 Å². The quantitative estimate of drug-likeness (QED) is 0.709. The molecule has 0 saturated carbocycles. The van der Waals surface area contributed by atoms with E-state index in [0.29, 0.717) is 0 Å². The molecule has 0 radical (unpaired) electrons. The fourth-order valence-corrected chi connectivity index (χ4v) is 1.32. The van der Waals surface area contributed by atoms with Gasteiger partial charge in [-0.25, -0.2) is 13.8 Å². The average Bonchev–Trinajstić information content (AvgIpc) is 2.06. The summed E-state index contributed by atoms with van der Waals surface area (Å²) in [5.41, 5.74) is -2.62. The molecule has 0 aliphatic carbocycles. The number of hydrogen-bond donors (Lipinski definition) is 0. The first-order valence-electron chi connectivity index (χ1n) is 3.76. The molecule has 0 bridgehead atoms. The molecule has 1 heterocycles. The van der Waals surface area contributed by atoms with Crippen LogP contribution in [0.3, 0.4) is 0 Å². The third-order valence-electron chi connectivity index (χ3n) is 1.68. The van der Waals surface area contributed by atoms with Crippen LogP contribution in [0.5, 0.6) is 0 Å². The molecule has 1 nitrogen and oxygen atoms in total. The van der Waals surface area contributed by atoms with Gasteiger partial charge < -0.3 is 0 Å². The Morgan fingerprint density at radius 1 is 1.33 bits per heavy atom. The first kappa shape index (κ1) is 12.4. The molecule has 0 saturated heterocycles. The van der Waals surface area contributed by atoms with E-state index in [1.54, 1.807) is 0 Å². The van der Waals surface area contributed by atoms with Crippen molar-refractivity contribution in [1.29, 1.82) is 0 Å². The largest absolute Gasteiger partial charge is 0.433 e. The molecule has 15 heavy (non-hydrogen) atoms. The van der Waals surface area contributed by atoms with E-state index < -0.39 is 23.9 Å². The van der Waals surface area contributed by atoms with Crippen molar-refractivity contribution in [2.45, 2.75) is 19.5 Å². The summed E-state index contributed by atoms with van der Waals surface area (Å²) in [5, 5.41) is 0. The summed E-state index contributed by atoms with van der Waals surface area (Å²) in [7, 11) is 0. The van der Waals surface area contributed by atoms with Crippen molar-refractivity contribution in [3.63, 3.8) is 0 Å². The van der Waals surface area contributed by atoms with Gasteiger partial charge in [0.2, 0.25) is 0 Å². The average molecular weight is 290 g/mol. The molecule has 0 aliphatic heterocycles. The molecule has 0 spiro atoms. The molecule has 0 amide bonds. The Hall–Kier alpha value is -0.720. The van der Waals surface area contributed by atoms with Crippen molar-refractivity contribution >= 4 is 15.9 Å². The molecule has 0 N–H and O–H groups in total. The molecular formula is C8H5BrF5N. The molecule has 1 rings (SSSR count). The van der Waals surface area contributed by atoms with E-state index in [9.17, 15) is 22.0 Å². The predicted molar refractivity (Wildman–Crippen MR) is 46.6 cm³/mol. The van der Waals surface area contributed by atoms with Crippen LogP contribution >= 0.6 is 15.9 Å². The Bertz CT molecular complexity index is 374. The van der Waals surface area contributed by atoms with Gasteiger partial charge in [-0.2, -0.15) is 13.2 Å². The highest BCUT2D eigenvalue weighted by Gasteiger charge is 2.38. The van der Waals surface area contributed by atoms with Gasteiger partial charge in [-0.05, 0) is 28.9 Å². The lowest BCUT2D eigenvalue weighted by Gasteiger charge is -2.12. The maximum Gasteiger partial charge on any atom is 0.433 e. The minimum Gasteiger partial charge on any atom is -0.247 e. The first-order chi connectivity index (χ1) is 6.73. The van der Waals surface area contributed by atoms with Crippen LogP contribution in [0.2, 0.25) is 0 Å². The molecule has 84 valence electrons. The lowest BCUT2D eigenvalue weighted by molar-refractivity contribution is -0.143. The van der Waals surface area contributed by atoms with Crippen molar-refractivity contribution in [2.75, 3.05) is 0 Å². The lowest BCUT2D eigenvalue weighted by atomic mass is 10.1. The van der Waals surface area contributed by atoms with Crippen molar-refractivity contribution < 1.29 is 22.0 Å². The summed E-state index contributed by atoms with van der Waals surface area (Å²) in [5.74, 6) is 0. The Morgan fingerprint density at radius 2 is 1.87 bits per heavy atom. The van der Waals surface area contributed by atoms with Crippen LogP contribution in [0.1, 0.15) is 23.4 Å². The summed E-state index contributed by atoms with van der Waals surface area (Å²) in [6.45, 7) is 1.30. The van der Waals surface area contributed by atoms with Gasteiger partial charge in [0.1, 0.15) is 0 Å². The van der Waals surface area contributed by atoms with E-state index in [-0.39, 0.29) is 10.2 Å². The molecule has 7 heteroatoms. The van der Waals surface area contributed by atoms with Crippen LogP contribution in [0.25, 0.3) is 0 Å². The number of rotatable bonds is 1. The van der Waals surface area contributed by atoms with E-state index in [1.807, 2.05) is 0 Å². The normalized spacial score (nSPS) is 12.3. The zero-order chi connectivity index (χ0) is 11.8. The van der Waals surface area contributed by atoms with Gasteiger partial charge in [-0.15, -0.1) is 0 Å². The molecule has 1 aromatic rings. The van der Waals surface area contributed by atoms with E-state index in [4.69, 9.17) is 0 Å². The fourth-order valence-electron chi connectivity index (χ4n) is 0.988. The van der Waals surface area contributed by atoms with Crippen LogP contribution in [-0.4, -0.2) is 4.98 Å². The van der Waals surface area contributed by atoms with Gasteiger partial charge in [-0.1, -0.05) is 0 Å². The second-order valence-electron chi connectivity index (χ2n) is 2.79. The maximum atomic E-state index is 12.3. The number of aryl methyl sites for hydroxylation is 1. The highest BCUT2D eigenvalue weighted by molar-refractivity contribution is 9.10. The van der Waals surface area contributed by atoms with Crippen molar-refractivity contribution in [2.24, 2.45) is 0 Å². The molecule has 0 aromatic carbocycles. The number of halogens is 6. The maximum absolute atomic E-state index is 12.3. The molecular weight excluding hydrogens is 285 g/mol. The van der Waals surface area contributed by atoms with E-state index >= 15 is 0 Å². The van der Waals surface area contributed by atoms with Crippen LogP contribution in [-0.2, 0) is 6.18 Å². The first-order valence-corrected chi connectivity index (χ1v) is 4.55. The van der Waals surface area contributed by atoms with Gasteiger partial charge >= 0.3 is 6.18 Å². The van der Waals surface area contributed by atoms with E-state index in [1.165, 1.54) is 6.92 Å². The van der Waals surface area contributed by atoms with Crippen molar-refractivity contribution in [1.82, 2.24) is 4.98 Å². The standard InChI is InChI=1S/C8H5BrF5N/c1-3-5(9)2-4(7(10)11)6(15-3)8(12,13)14/h2,7H,1H3. The second kappa shape index (κ2) is 4.03. The number of alkyl halides is 5. The number of aromatic nitrogens is 1. The highest BCUT2D eigenvalue weighted by Crippen LogP contribution is 2.36. The molecule has 1 aromatic heterocycles. The molecule has 0 fully saturated rings. The van der Waals surface area contributed by atoms with E-state index in [0.717, 1.165) is 6.07 Å². The fraction of sp³-hybridized carbons (Fsp3) is 0.375. The smallest absolute Gasteiger partial charge is 0.247 e. The summed E-state index contributed by atoms with van der Waals surface area (Å²) in [6.07, 6.45) is -8.07. The minimum absolute atomic E-state index is 0.0201. The topological polar surface area (TPSA) is 12.9 Å². The van der Waals surface area contributed by atoms with Crippen LogP contribution in [0, 0.1) is 6.92 Å². The zero-order valence-electron chi connectivity index (χ0n) is 7.37. The van der Waals surface area contributed by atoms with Crippen LogP contribution in [0.4, 0.5) is 22.0 Å². The third-order valence-corrected chi connectivity index (χ3v) is 2.49. The molecule has 0 unspecified atom stereocenters. The van der Waals surface area contributed by atoms with Crippen molar-refractivity contribution in [3.8, 4) is 0 Å².